The zero-order valence-electron chi connectivity index (χ0n) is 24.6. The van der Waals surface area contributed by atoms with Crippen molar-refractivity contribution in [1.29, 1.82) is 0 Å². The molecule has 222 valence electrons. The van der Waals surface area contributed by atoms with Crippen molar-refractivity contribution in [3.63, 3.8) is 0 Å². The van der Waals surface area contributed by atoms with Crippen molar-refractivity contribution in [2.75, 3.05) is 44.3 Å². The number of benzene rings is 2. The number of piperidine rings is 1. The zero-order valence-corrected chi connectivity index (χ0v) is 24.6. The molecule has 0 unspecified atom stereocenters. The minimum absolute atomic E-state index is 0.0314. The van der Waals surface area contributed by atoms with Gasteiger partial charge in [0.1, 0.15) is 5.75 Å². The number of anilines is 1. The van der Waals surface area contributed by atoms with Gasteiger partial charge in [-0.1, -0.05) is 30.3 Å². The summed E-state index contributed by atoms with van der Waals surface area (Å²) in [5.41, 5.74) is 3.35. The lowest BCUT2D eigenvalue weighted by atomic mass is 9.95. The lowest BCUT2D eigenvalue weighted by molar-refractivity contribution is -0.149. The fraction of sp³-hybridized carbons (Fsp3) is 0.485. The summed E-state index contributed by atoms with van der Waals surface area (Å²) >= 11 is 0. The number of rotatable bonds is 9. The van der Waals surface area contributed by atoms with Crippen molar-refractivity contribution in [3.8, 4) is 16.9 Å². The Balaban J connectivity index is 1.10. The molecule has 1 atom stereocenters. The molecule has 9 nitrogen and oxygen atoms in total. The quantitative estimate of drug-likeness (QED) is 0.407. The molecule has 6 rings (SSSR count). The second-order valence-corrected chi connectivity index (χ2v) is 12.2. The van der Waals surface area contributed by atoms with Gasteiger partial charge in [-0.3, -0.25) is 14.7 Å². The zero-order chi connectivity index (χ0) is 29.1. The molecule has 2 aromatic carbocycles. The lowest BCUT2D eigenvalue weighted by Crippen LogP contribution is -2.52. The Kier molecular flexibility index (Phi) is 8.20. The van der Waals surface area contributed by atoms with Gasteiger partial charge in [0, 0.05) is 62.3 Å². The highest BCUT2D eigenvalue weighted by Gasteiger charge is 2.38. The Labute approximate surface area is 247 Å². The van der Waals surface area contributed by atoms with Crippen LogP contribution in [0.3, 0.4) is 0 Å². The van der Waals surface area contributed by atoms with E-state index in [1.54, 1.807) is 0 Å². The highest BCUT2D eigenvalue weighted by molar-refractivity contribution is 5.85. The maximum absolute atomic E-state index is 13.9. The van der Waals surface area contributed by atoms with Crippen LogP contribution in [0.2, 0.25) is 0 Å². The van der Waals surface area contributed by atoms with Gasteiger partial charge in [0.05, 0.1) is 25.3 Å². The van der Waals surface area contributed by atoms with Crippen LogP contribution in [0.1, 0.15) is 45.1 Å². The van der Waals surface area contributed by atoms with Crippen molar-refractivity contribution in [3.05, 3.63) is 66.5 Å². The summed E-state index contributed by atoms with van der Waals surface area (Å²) in [4.78, 5) is 33.3. The first-order chi connectivity index (χ1) is 20.4. The number of carbonyl (C=O) groups is 2. The molecule has 3 fully saturated rings. The highest BCUT2D eigenvalue weighted by Crippen LogP contribution is 2.34. The third-order valence-corrected chi connectivity index (χ3v) is 8.55. The predicted molar refractivity (Wildman–Crippen MR) is 161 cm³/mol. The smallest absolute Gasteiger partial charge is 0.266 e. The largest absolute Gasteiger partial charge is 0.478 e. The molecule has 1 N–H and O–H groups in total. The number of amides is 2. The third kappa shape index (κ3) is 6.46. The second kappa shape index (κ2) is 12.2. The van der Waals surface area contributed by atoms with Crippen molar-refractivity contribution in [2.45, 2.75) is 57.7 Å². The number of H-pyrrole nitrogens is 1. The number of morpholine rings is 1. The number of aromatic nitrogens is 2. The van der Waals surface area contributed by atoms with E-state index in [4.69, 9.17) is 9.47 Å². The van der Waals surface area contributed by atoms with Crippen LogP contribution >= 0.6 is 0 Å². The van der Waals surface area contributed by atoms with Gasteiger partial charge in [-0.25, -0.2) is 0 Å². The molecule has 3 aromatic rings. The SMILES string of the molecule is CC(C)(Oc1cccc(N2CCC[C@@H](C(=O)N(Cc3ccc(-c4cn[nH]c4)cc3)C3CC3)C2)c1)C(=O)N1CCOCC1. The maximum Gasteiger partial charge on any atom is 0.266 e. The van der Waals surface area contributed by atoms with Crippen LogP contribution in [0.25, 0.3) is 11.1 Å². The van der Waals surface area contributed by atoms with E-state index in [2.05, 4.69) is 50.3 Å². The minimum atomic E-state index is -0.988. The number of carbonyl (C=O) groups excluding carboxylic acids is 2. The summed E-state index contributed by atoms with van der Waals surface area (Å²) in [6, 6.07) is 16.7. The number of hydrogen-bond acceptors (Lipinski definition) is 6. The Morgan fingerprint density at radius 3 is 2.55 bits per heavy atom. The Hall–Kier alpha value is -3.85. The van der Waals surface area contributed by atoms with E-state index in [0.717, 1.165) is 54.6 Å². The molecule has 42 heavy (non-hydrogen) atoms. The molecule has 3 aliphatic rings. The summed E-state index contributed by atoms with van der Waals surface area (Å²) in [7, 11) is 0. The van der Waals surface area contributed by atoms with Crippen LogP contribution in [-0.2, 0) is 20.9 Å². The molecule has 9 heteroatoms. The average molecular weight is 572 g/mol. The van der Waals surface area contributed by atoms with E-state index in [1.807, 2.05) is 49.3 Å². The summed E-state index contributed by atoms with van der Waals surface area (Å²) in [6.07, 6.45) is 7.71. The lowest BCUT2D eigenvalue weighted by Gasteiger charge is -2.37. The fourth-order valence-electron chi connectivity index (χ4n) is 6.06. The molecular weight excluding hydrogens is 530 g/mol. The van der Waals surface area contributed by atoms with E-state index in [1.165, 1.54) is 0 Å². The van der Waals surface area contributed by atoms with Crippen molar-refractivity contribution in [2.24, 2.45) is 5.92 Å². The molecule has 0 bridgehead atoms. The van der Waals surface area contributed by atoms with Crippen LogP contribution in [-0.4, -0.2) is 82.8 Å². The van der Waals surface area contributed by atoms with Gasteiger partial charge in [0.2, 0.25) is 5.91 Å². The first kappa shape index (κ1) is 28.3. The number of ether oxygens (including phenoxy) is 2. The van der Waals surface area contributed by atoms with Gasteiger partial charge >= 0.3 is 0 Å². The van der Waals surface area contributed by atoms with Crippen LogP contribution in [0.5, 0.6) is 5.75 Å². The van der Waals surface area contributed by atoms with Gasteiger partial charge < -0.3 is 24.2 Å². The van der Waals surface area contributed by atoms with Crippen molar-refractivity contribution >= 4 is 17.5 Å². The van der Waals surface area contributed by atoms with Crippen LogP contribution in [0.15, 0.2) is 60.9 Å². The molecule has 3 heterocycles. The molecule has 2 aliphatic heterocycles. The normalized spacial score (nSPS) is 19.4. The van der Waals surface area contributed by atoms with Gasteiger partial charge in [-0.2, -0.15) is 5.10 Å². The molecule has 0 radical (unpaired) electrons. The maximum atomic E-state index is 13.9. The molecule has 1 saturated carbocycles. The predicted octanol–water partition coefficient (Wildman–Crippen LogP) is 4.50. The number of aromatic amines is 1. The topological polar surface area (TPSA) is 91.0 Å². The summed E-state index contributed by atoms with van der Waals surface area (Å²) in [5.74, 6) is 0.835. The van der Waals surface area contributed by atoms with Crippen molar-refractivity contribution in [1.82, 2.24) is 20.0 Å². The summed E-state index contributed by atoms with van der Waals surface area (Å²) in [6.45, 7) is 8.15. The average Bonchev–Trinajstić information content (AvgIpc) is 3.72. The first-order valence-corrected chi connectivity index (χ1v) is 15.2. The van der Waals surface area contributed by atoms with E-state index in [0.29, 0.717) is 51.2 Å². The molecule has 2 amide bonds. The monoisotopic (exact) mass is 571 g/mol. The number of nitrogens with one attached hydrogen (secondary N) is 1. The van der Waals surface area contributed by atoms with E-state index >= 15 is 0 Å². The third-order valence-electron chi connectivity index (χ3n) is 8.55. The van der Waals surface area contributed by atoms with E-state index in [-0.39, 0.29) is 17.7 Å². The molecule has 1 aromatic heterocycles. The van der Waals surface area contributed by atoms with Crippen LogP contribution in [0.4, 0.5) is 5.69 Å². The van der Waals surface area contributed by atoms with Gasteiger partial charge in [-0.05, 0) is 62.8 Å². The summed E-state index contributed by atoms with van der Waals surface area (Å²) in [5, 5.41) is 6.90. The van der Waals surface area contributed by atoms with Gasteiger partial charge in [-0.15, -0.1) is 0 Å². The highest BCUT2D eigenvalue weighted by atomic mass is 16.5. The van der Waals surface area contributed by atoms with Gasteiger partial charge in [0.15, 0.2) is 5.60 Å². The standard InChI is InChI=1S/C33H41N5O4/c1-33(2,32(40)36-15-17-41-18-16-36)42-30-7-3-6-29(19-30)37-14-4-5-26(23-37)31(39)38(28-12-13-28)22-24-8-10-25(11-9-24)27-20-34-35-21-27/h3,6-11,19-21,26,28H,4-5,12-18,22-23H2,1-2H3,(H,34,35)/t26-/m1/s1. The Bertz CT molecular complexity index is 1360. The van der Waals surface area contributed by atoms with Crippen LogP contribution in [0, 0.1) is 5.92 Å². The van der Waals surface area contributed by atoms with E-state index < -0.39 is 5.60 Å². The number of hydrogen-bond donors (Lipinski definition) is 1. The minimum Gasteiger partial charge on any atom is -0.478 e. The van der Waals surface area contributed by atoms with Crippen molar-refractivity contribution < 1.29 is 19.1 Å². The van der Waals surface area contributed by atoms with Gasteiger partial charge in [0.25, 0.3) is 5.91 Å². The molecule has 0 spiro atoms. The Morgan fingerprint density at radius 1 is 1.05 bits per heavy atom. The van der Waals surface area contributed by atoms with E-state index in [9.17, 15) is 9.59 Å². The molecule has 2 saturated heterocycles. The summed E-state index contributed by atoms with van der Waals surface area (Å²) < 4.78 is 11.7. The van der Waals surface area contributed by atoms with Crippen LogP contribution < -0.4 is 9.64 Å². The fourth-order valence-corrected chi connectivity index (χ4v) is 6.06. The Morgan fingerprint density at radius 2 is 1.83 bits per heavy atom. The molecular formula is C33H41N5O4. The second-order valence-electron chi connectivity index (χ2n) is 12.2. The molecule has 1 aliphatic carbocycles. The first-order valence-electron chi connectivity index (χ1n) is 15.2. The number of nitrogens with zero attached hydrogens (tertiary/aromatic N) is 4.